The smallest absolute Gasteiger partial charge is 0.226 e. The monoisotopic (exact) mass is 273 g/mol. The molecule has 1 aromatic heterocycles. The lowest BCUT2D eigenvalue weighted by molar-refractivity contribution is -0.116. The maximum absolute atomic E-state index is 11.8. The zero-order valence-electron chi connectivity index (χ0n) is 10.6. The molecule has 2 heterocycles. The van der Waals surface area contributed by atoms with E-state index in [1.54, 1.807) is 11.3 Å². The molecule has 2 aromatic rings. The Morgan fingerprint density at radius 3 is 2.95 bits per heavy atom. The van der Waals surface area contributed by atoms with Gasteiger partial charge in [0.1, 0.15) is 5.82 Å². The molecule has 0 aliphatic carbocycles. The molecule has 1 aliphatic rings. The van der Waals surface area contributed by atoms with Gasteiger partial charge in [0, 0.05) is 18.9 Å². The summed E-state index contributed by atoms with van der Waals surface area (Å²) in [6, 6.07) is 10.1. The number of hydrogen-bond donors (Lipinski definition) is 2. The minimum atomic E-state index is 0.0368. The zero-order chi connectivity index (χ0) is 13.2. The standard InChI is InChI=1S/C14H15N3OS/c1-2-15-14-17-13-12(19-14)10(8-11(18)16-13)9-6-4-3-5-7-9/h3-7,10H,2,8H2,1H3,(H,15,17)(H,16,18)/t10-/m0/s1. The highest BCUT2D eigenvalue weighted by molar-refractivity contribution is 7.16. The fourth-order valence-electron chi connectivity index (χ4n) is 2.30. The van der Waals surface area contributed by atoms with E-state index in [1.807, 2.05) is 25.1 Å². The number of rotatable bonds is 3. The third kappa shape index (κ3) is 2.33. The van der Waals surface area contributed by atoms with Crippen molar-refractivity contribution in [3.8, 4) is 0 Å². The molecule has 19 heavy (non-hydrogen) atoms. The van der Waals surface area contributed by atoms with Crippen molar-refractivity contribution in [2.45, 2.75) is 19.3 Å². The topological polar surface area (TPSA) is 54.0 Å². The Labute approximate surface area is 115 Å². The molecule has 0 radical (unpaired) electrons. The molecule has 0 bridgehead atoms. The van der Waals surface area contributed by atoms with Crippen LogP contribution in [0.5, 0.6) is 0 Å². The van der Waals surface area contributed by atoms with E-state index >= 15 is 0 Å². The van der Waals surface area contributed by atoms with E-state index in [0.717, 1.165) is 16.6 Å². The van der Waals surface area contributed by atoms with Crippen LogP contribution >= 0.6 is 11.3 Å². The molecule has 1 aromatic carbocycles. The first-order valence-electron chi connectivity index (χ1n) is 6.37. The van der Waals surface area contributed by atoms with E-state index in [1.165, 1.54) is 5.56 Å². The molecule has 0 spiro atoms. The first-order chi connectivity index (χ1) is 9.28. The highest BCUT2D eigenvalue weighted by atomic mass is 32.1. The molecule has 0 fully saturated rings. The van der Waals surface area contributed by atoms with Crippen LogP contribution in [0.15, 0.2) is 30.3 Å². The molecule has 3 rings (SSSR count). The van der Waals surface area contributed by atoms with Crippen LogP contribution in [0.1, 0.15) is 29.7 Å². The third-order valence-corrected chi connectivity index (χ3v) is 4.27. The van der Waals surface area contributed by atoms with Gasteiger partial charge in [-0.15, -0.1) is 0 Å². The fraction of sp³-hybridized carbons (Fsp3) is 0.286. The van der Waals surface area contributed by atoms with Gasteiger partial charge in [-0.1, -0.05) is 41.7 Å². The lowest BCUT2D eigenvalue weighted by Crippen LogP contribution is -2.22. The molecule has 1 aliphatic heterocycles. The van der Waals surface area contributed by atoms with Gasteiger partial charge in [0.05, 0.1) is 4.88 Å². The predicted molar refractivity (Wildman–Crippen MR) is 77.8 cm³/mol. The molecule has 2 N–H and O–H groups in total. The second-order valence-electron chi connectivity index (χ2n) is 4.48. The first-order valence-corrected chi connectivity index (χ1v) is 7.19. The van der Waals surface area contributed by atoms with Crippen molar-refractivity contribution in [3.05, 3.63) is 40.8 Å². The van der Waals surface area contributed by atoms with Crippen LogP contribution in [-0.2, 0) is 4.79 Å². The fourth-order valence-corrected chi connectivity index (χ4v) is 3.42. The molecule has 0 saturated carbocycles. The van der Waals surface area contributed by atoms with Crippen molar-refractivity contribution in [2.75, 3.05) is 17.2 Å². The number of hydrogen-bond acceptors (Lipinski definition) is 4. The number of amides is 1. The second kappa shape index (κ2) is 5.01. The number of anilines is 2. The Bertz CT molecular complexity index is 594. The largest absolute Gasteiger partial charge is 0.362 e. The van der Waals surface area contributed by atoms with Crippen LogP contribution in [-0.4, -0.2) is 17.4 Å². The molecule has 0 saturated heterocycles. The second-order valence-corrected chi connectivity index (χ2v) is 5.51. The summed E-state index contributed by atoms with van der Waals surface area (Å²) >= 11 is 1.63. The lowest BCUT2D eigenvalue weighted by atomic mass is 9.92. The third-order valence-electron chi connectivity index (χ3n) is 3.15. The van der Waals surface area contributed by atoms with Gasteiger partial charge >= 0.3 is 0 Å². The van der Waals surface area contributed by atoms with Crippen LogP contribution in [0, 0.1) is 0 Å². The van der Waals surface area contributed by atoms with Crippen molar-refractivity contribution < 1.29 is 4.79 Å². The summed E-state index contributed by atoms with van der Waals surface area (Å²) in [6.07, 6.45) is 0.491. The Morgan fingerprint density at radius 2 is 2.21 bits per heavy atom. The van der Waals surface area contributed by atoms with E-state index in [2.05, 4.69) is 27.8 Å². The quantitative estimate of drug-likeness (QED) is 0.903. The summed E-state index contributed by atoms with van der Waals surface area (Å²) in [4.78, 5) is 17.4. The SMILES string of the molecule is CCNc1nc2c(s1)[C@H](c1ccccc1)CC(=O)N2. The summed E-state index contributed by atoms with van der Waals surface area (Å²) in [7, 11) is 0. The first kappa shape index (κ1) is 12.2. The summed E-state index contributed by atoms with van der Waals surface area (Å²) in [5.41, 5.74) is 1.17. The number of thiazole rings is 1. The van der Waals surface area contributed by atoms with Gasteiger partial charge in [-0.2, -0.15) is 0 Å². The summed E-state index contributed by atoms with van der Waals surface area (Å²) in [5, 5.41) is 6.94. The summed E-state index contributed by atoms with van der Waals surface area (Å²) < 4.78 is 0. The highest BCUT2D eigenvalue weighted by Gasteiger charge is 2.29. The average molecular weight is 273 g/mol. The van der Waals surface area contributed by atoms with Crippen LogP contribution < -0.4 is 10.6 Å². The minimum absolute atomic E-state index is 0.0368. The molecule has 0 unspecified atom stereocenters. The maximum Gasteiger partial charge on any atom is 0.226 e. The Morgan fingerprint density at radius 1 is 1.42 bits per heavy atom. The van der Waals surface area contributed by atoms with E-state index in [-0.39, 0.29) is 11.8 Å². The molecule has 1 atom stereocenters. The average Bonchev–Trinajstić information content (AvgIpc) is 2.81. The van der Waals surface area contributed by atoms with Gasteiger partial charge in [0.25, 0.3) is 0 Å². The minimum Gasteiger partial charge on any atom is -0.362 e. The number of aromatic nitrogens is 1. The number of carbonyl (C=O) groups is 1. The van der Waals surface area contributed by atoms with Gasteiger partial charge < -0.3 is 10.6 Å². The normalized spacial score (nSPS) is 17.7. The number of benzene rings is 1. The molecule has 98 valence electrons. The number of nitrogens with zero attached hydrogens (tertiary/aromatic N) is 1. The van der Waals surface area contributed by atoms with Crippen LogP contribution in [0.25, 0.3) is 0 Å². The molecular weight excluding hydrogens is 258 g/mol. The van der Waals surface area contributed by atoms with E-state index in [0.29, 0.717) is 12.2 Å². The highest BCUT2D eigenvalue weighted by Crippen LogP contribution is 2.41. The van der Waals surface area contributed by atoms with Gasteiger partial charge in [-0.3, -0.25) is 4.79 Å². The summed E-state index contributed by atoms with van der Waals surface area (Å²) in [6.45, 7) is 2.87. The Kier molecular flexibility index (Phi) is 3.21. The van der Waals surface area contributed by atoms with E-state index < -0.39 is 0 Å². The van der Waals surface area contributed by atoms with Crippen LogP contribution in [0.3, 0.4) is 0 Å². The van der Waals surface area contributed by atoms with Crippen LogP contribution in [0.4, 0.5) is 10.9 Å². The molecule has 1 amide bonds. The van der Waals surface area contributed by atoms with Crippen molar-refractivity contribution in [1.82, 2.24) is 4.98 Å². The van der Waals surface area contributed by atoms with Gasteiger partial charge in [0.15, 0.2) is 5.13 Å². The molecule has 4 nitrogen and oxygen atoms in total. The van der Waals surface area contributed by atoms with Gasteiger partial charge in [-0.25, -0.2) is 4.98 Å². The van der Waals surface area contributed by atoms with Gasteiger partial charge in [0.2, 0.25) is 5.91 Å². The van der Waals surface area contributed by atoms with Crippen molar-refractivity contribution in [1.29, 1.82) is 0 Å². The predicted octanol–water partition coefficient (Wildman–Crippen LogP) is 3.05. The Hall–Kier alpha value is -1.88. The molecule has 5 heteroatoms. The van der Waals surface area contributed by atoms with E-state index in [9.17, 15) is 4.79 Å². The molecular formula is C14H15N3OS. The number of nitrogens with one attached hydrogen (secondary N) is 2. The number of fused-ring (bicyclic) bond motifs is 1. The van der Waals surface area contributed by atoms with Gasteiger partial charge in [-0.05, 0) is 12.5 Å². The van der Waals surface area contributed by atoms with Crippen molar-refractivity contribution in [3.63, 3.8) is 0 Å². The lowest BCUT2D eigenvalue weighted by Gasteiger charge is -2.21. The van der Waals surface area contributed by atoms with Crippen molar-refractivity contribution in [2.24, 2.45) is 0 Å². The summed E-state index contributed by atoms with van der Waals surface area (Å²) in [5.74, 6) is 0.871. The number of carbonyl (C=O) groups excluding carboxylic acids is 1. The van der Waals surface area contributed by atoms with Crippen molar-refractivity contribution >= 4 is 28.2 Å². The zero-order valence-corrected chi connectivity index (χ0v) is 11.5. The Balaban J connectivity index is 2.01. The van der Waals surface area contributed by atoms with Crippen LogP contribution in [0.2, 0.25) is 0 Å². The van der Waals surface area contributed by atoms with E-state index in [4.69, 9.17) is 0 Å². The maximum atomic E-state index is 11.8.